The molecule has 21 heavy (non-hydrogen) atoms. The van der Waals surface area contributed by atoms with Crippen molar-refractivity contribution in [2.75, 3.05) is 11.3 Å². The van der Waals surface area contributed by atoms with Crippen LogP contribution in [0.3, 0.4) is 0 Å². The van der Waals surface area contributed by atoms with E-state index in [2.05, 4.69) is 31.0 Å². The van der Waals surface area contributed by atoms with Gasteiger partial charge in [0.2, 0.25) is 0 Å². The van der Waals surface area contributed by atoms with Crippen molar-refractivity contribution in [2.45, 2.75) is 18.4 Å². The monoisotopic (exact) mass is 369 g/mol. The summed E-state index contributed by atoms with van der Waals surface area (Å²) in [6.45, 7) is 3.26. The highest BCUT2D eigenvalue weighted by Gasteiger charge is 2.18. The molecule has 0 bridgehead atoms. The lowest BCUT2D eigenvalue weighted by Gasteiger charge is -2.13. The van der Waals surface area contributed by atoms with Gasteiger partial charge in [0.05, 0.1) is 15.1 Å². The molecule has 1 heterocycles. The SMILES string of the molecule is CCNCc1ccccc1S(=O)(=O)Nc1ccncc1Br. The molecule has 0 unspecified atom stereocenters. The van der Waals surface area contributed by atoms with E-state index in [-0.39, 0.29) is 4.90 Å². The first-order valence-electron chi connectivity index (χ1n) is 6.45. The van der Waals surface area contributed by atoms with Gasteiger partial charge >= 0.3 is 0 Å². The van der Waals surface area contributed by atoms with E-state index in [1.807, 2.05) is 13.0 Å². The second kappa shape index (κ2) is 7.02. The predicted octanol–water partition coefficient (Wildman–Crippen LogP) is 2.75. The predicted molar refractivity (Wildman–Crippen MR) is 86.6 cm³/mol. The van der Waals surface area contributed by atoms with Crippen LogP contribution in [-0.4, -0.2) is 19.9 Å². The highest BCUT2D eigenvalue weighted by atomic mass is 79.9. The van der Waals surface area contributed by atoms with Gasteiger partial charge in [0.15, 0.2) is 0 Å². The first kappa shape index (κ1) is 15.9. The Labute approximate surface area is 133 Å². The molecule has 112 valence electrons. The van der Waals surface area contributed by atoms with E-state index in [4.69, 9.17) is 0 Å². The normalized spacial score (nSPS) is 11.3. The highest BCUT2D eigenvalue weighted by Crippen LogP contribution is 2.24. The third kappa shape index (κ3) is 4.03. The van der Waals surface area contributed by atoms with E-state index in [9.17, 15) is 8.42 Å². The molecule has 0 fully saturated rings. The molecule has 0 atom stereocenters. The average molecular weight is 370 g/mol. The number of nitrogens with one attached hydrogen (secondary N) is 2. The van der Waals surface area contributed by atoms with Crippen LogP contribution in [0.25, 0.3) is 0 Å². The summed E-state index contributed by atoms with van der Waals surface area (Å²) in [4.78, 5) is 4.19. The Kier molecular flexibility index (Phi) is 5.33. The molecule has 0 amide bonds. The second-order valence-corrected chi connectivity index (χ2v) is 6.85. The Balaban J connectivity index is 2.34. The number of hydrogen-bond donors (Lipinski definition) is 2. The van der Waals surface area contributed by atoms with Crippen LogP contribution < -0.4 is 10.0 Å². The zero-order chi connectivity index (χ0) is 15.3. The van der Waals surface area contributed by atoms with Crippen LogP contribution in [0.15, 0.2) is 52.1 Å². The second-order valence-electron chi connectivity index (χ2n) is 4.35. The lowest BCUT2D eigenvalue weighted by molar-refractivity contribution is 0.598. The summed E-state index contributed by atoms with van der Waals surface area (Å²) in [5.41, 5.74) is 1.19. The summed E-state index contributed by atoms with van der Waals surface area (Å²) < 4.78 is 28.3. The molecule has 5 nitrogen and oxygen atoms in total. The van der Waals surface area contributed by atoms with Crippen LogP contribution >= 0.6 is 15.9 Å². The summed E-state index contributed by atoms with van der Waals surface area (Å²) in [6, 6.07) is 8.55. The fourth-order valence-electron chi connectivity index (χ4n) is 1.83. The lowest BCUT2D eigenvalue weighted by Crippen LogP contribution is -2.19. The van der Waals surface area contributed by atoms with Gasteiger partial charge in [-0.25, -0.2) is 8.42 Å². The Morgan fingerprint density at radius 2 is 2.00 bits per heavy atom. The molecule has 2 N–H and O–H groups in total. The maximum Gasteiger partial charge on any atom is 0.262 e. The van der Waals surface area contributed by atoms with Gasteiger partial charge in [0, 0.05) is 18.9 Å². The molecule has 0 aliphatic rings. The summed E-state index contributed by atoms with van der Waals surface area (Å²) >= 11 is 3.28. The summed E-state index contributed by atoms with van der Waals surface area (Å²) in [5, 5.41) is 3.14. The number of nitrogens with zero attached hydrogens (tertiary/aromatic N) is 1. The molecule has 0 spiro atoms. The van der Waals surface area contributed by atoms with Crippen LogP contribution in [0, 0.1) is 0 Å². The Hall–Kier alpha value is -1.44. The molecule has 1 aromatic carbocycles. The van der Waals surface area contributed by atoms with E-state index in [0.29, 0.717) is 16.7 Å². The van der Waals surface area contributed by atoms with Gasteiger partial charge in [-0.2, -0.15) is 0 Å². The molecule has 0 aliphatic carbocycles. The molecule has 7 heteroatoms. The maximum atomic E-state index is 12.6. The maximum absolute atomic E-state index is 12.6. The van der Waals surface area contributed by atoms with E-state index < -0.39 is 10.0 Å². The van der Waals surface area contributed by atoms with E-state index >= 15 is 0 Å². The van der Waals surface area contributed by atoms with Gasteiger partial charge in [0.25, 0.3) is 10.0 Å². The standard InChI is InChI=1S/C14H16BrN3O2S/c1-2-16-9-11-5-3-4-6-14(11)21(19,20)18-13-7-8-17-10-12(13)15/h3-8,10,16H,2,9H2,1H3,(H,17,18). The smallest absolute Gasteiger partial charge is 0.262 e. The zero-order valence-corrected chi connectivity index (χ0v) is 13.9. The van der Waals surface area contributed by atoms with Gasteiger partial charge in [-0.1, -0.05) is 25.1 Å². The Bertz CT molecular complexity index is 720. The van der Waals surface area contributed by atoms with Crippen molar-refractivity contribution in [3.8, 4) is 0 Å². The van der Waals surface area contributed by atoms with Gasteiger partial charge in [-0.15, -0.1) is 0 Å². The van der Waals surface area contributed by atoms with Crippen molar-refractivity contribution in [3.05, 3.63) is 52.8 Å². The highest BCUT2D eigenvalue weighted by molar-refractivity contribution is 9.10. The Morgan fingerprint density at radius 1 is 1.24 bits per heavy atom. The van der Waals surface area contributed by atoms with Crippen molar-refractivity contribution < 1.29 is 8.42 Å². The van der Waals surface area contributed by atoms with Gasteiger partial charge in [-0.3, -0.25) is 9.71 Å². The Morgan fingerprint density at radius 3 is 2.71 bits per heavy atom. The lowest BCUT2D eigenvalue weighted by atomic mass is 10.2. The largest absolute Gasteiger partial charge is 0.313 e. The number of hydrogen-bond acceptors (Lipinski definition) is 4. The summed E-state index contributed by atoms with van der Waals surface area (Å²) in [5.74, 6) is 0. The van der Waals surface area contributed by atoms with E-state index in [1.54, 1.807) is 30.5 Å². The van der Waals surface area contributed by atoms with Crippen molar-refractivity contribution in [1.82, 2.24) is 10.3 Å². The molecular weight excluding hydrogens is 354 g/mol. The molecule has 2 aromatic rings. The molecule has 0 radical (unpaired) electrons. The molecule has 0 saturated heterocycles. The van der Waals surface area contributed by atoms with Gasteiger partial charge in [0.1, 0.15) is 0 Å². The summed E-state index contributed by atoms with van der Waals surface area (Å²) in [6.07, 6.45) is 3.08. The first-order valence-corrected chi connectivity index (χ1v) is 8.73. The third-order valence-electron chi connectivity index (χ3n) is 2.84. The number of halogens is 1. The number of rotatable bonds is 6. The van der Waals surface area contributed by atoms with Crippen molar-refractivity contribution in [2.24, 2.45) is 0 Å². The van der Waals surface area contributed by atoms with Crippen LogP contribution in [0.1, 0.15) is 12.5 Å². The molecule has 0 aliphatic heterocycles. The minimum absolute atomic E-state index is 0.273. The van der Waals surface area contributed by atoms with Crippen LogP contribution in [-0.2, 0) is 16.6 Å². The number of anilines is 1. The fourth-order valence-corrected chi connectivity index (χ4v) is 3.63. The quantitative estimate of drug-likeness (QED) is 0.820. The van der Waals surface area contributed by atoms with Crippen LogP contribution in [0.5, 0.6) is 0 Å². The average Bonchev–Trinajstić information content (AvgIpc) is 2.47. The molecule has 2 rings (SSSR count). The number of benzene rings is 1. The van der Waals surface area contributed by atoms with Gasteiger partial charge < -0.3 is 5.32 Å². The minimum atomic E-state index is -3.64. The van der Waals surface area contributed by atoms with Crippen molar-refractivity contribution >= 4 is 31.6 Å². The van der Waals surface area contributed by atoms with Crippen molar-refractivity contribution in [1.29, 1.82) is 0 Å². The number of sulfonamides is 1. The third-order valence-corrected chi connectivity index (χ3v) is 4.94. The van der Waals surface area contributed by atoms with E-state index in [0.717, 1.165) is 12.1 Å². The summed E-state index contributed by atoms with van der Waals surface area (Å²) in [7, 11) is -3.64. The topological polar surface area (TPSA) is 71.1 Å². The van der Waals surface area contributed by atoms with Crippen molar-refractivity contribution in [3.63, 3.8) is 0 Å². The van der Waals surface area contributed by atoms with Crippen LogP contribution in [0.2, 0.25) is 0 Å². The molecule has 1 aromatic heterocycles. The fraction of sp³-hybridized carbons (Fsp3) is 0.214. The zero-order valence-electron chi connectivity index (χ0n) is 11.5. The molecule has 0 saturated carbocycles. The van der Waals surface area contributed by atoms with Gasteiger partial charge in [-0.05, 0) is 40.2 Å². The van der Waals surface area contributed by atoms with Crippen LogP contribution in [0.4, 0.5) is 5.69 Å². The molecular formula is C14H16BrN3O2S. The number of pyridine rings is 1. The first-order chi connectivity index (χ1) is 10.0. The van der Waals surface area contributed by atoms with E-state index in [1.165, 1.54) is 6.20 Å². The minimum Gasteiger partial charge on any atom is -0.313 e. The number of aromatic nitrogens is 1.